The summed E-state index contributed by atoms with van der Waals surface area (Å²) in [6, 6.07) is 2.77. The molecule has 0 aliphatic carbocycles. The SMILES string of the molecule is CC(C)(C)OC(=O)CCCOc1ccnc(F)c1. The molecule has 5 heteroatoms. The fraction of sp³-hybridized carbons (Fsp3) is 0.538. The Morgan fingerprint density at radius 3 is 2.78 bits per heavy atom. The van der Waals surface area contributed by atoms with Crippen molar-refractivity contribution < 1.29 is 18.7 Å². The monoisotopic (exact) mass is 255 g/mol. The van der Waals surface area contributed by atoms with Crippen LogP contribution < -0.4 is 4.74 Å². The van der Waals surface area contributed by atoms with Gasteiger partial charge in [0.25, 0.3) is 0 Å². The first kappa shape index (κ1) is 14.4. The van der Waals surface area contributed by atoms with Gasteiger partial charge in [0, 0.05) is 18.7 Å². The highest BCUT2D eigenvalue weighted by Gasteiger charge is 2.15. The van der Waals surface area contributed by atoms with Crippen LogP contribution in [0.1, 0.15) is 33.6 Å². The van der Waals surface area contributed by atoms with Crippen LogP contribution in [0.25, 0.3) is 0 Å². The number of ether oxygens (including phenoxy) is 2. The van der Waals surface area contributed by atoms with Gasteiger partial charge >= 0.3 is 5.97 Å². The van der Waals surface area contributed by atoms with Crippen LogP contribution in [0.15, 0.2) is 18.3 Å². The molecule has 100 valence electrons. The molecule has 0 amide bonds. The molecule has 4 nitrogen and oxygen atoms in total. The van der Waals surface area contributed by atoms with E-state index in [4.69, 9.17) is 9.47 Å². The number of pyridine rings is 1. The van der Waals surface area contributed by atoms with Crippen molar-refractivity contribution in [3.63, 3.8) is 0 Å². The van der Waals surface area contributed by atoms with Crippen LogP contribution in [0.3, 0.4) is 0 Å². The second-order valence-electron chi connectivity index (χ2n) is 4.85. The van der Waals surface area contributed by atoms with Crippen molar-refractivity contribution in [2.75, 3.05) is 6.61 Å². The summed E-state index contributed by atoms with van der Waals surface area (Å²) in [5, 5.41) is 0. The van der Waals surface area contributed by atoms with E-state index in [-0.39, 0.29) is 12.4 Å². The predicted molar refractivity (Wildman–Crippen MR) is 64.8 cm³/mol. The van der Waals surface area contributed by atoms with Gasteiger partial charge in [0.1, 0.15) is 11.4 Å². The zero-order valence-corrected chi connectivity index (χ0v) is 10.9. The summed E-state index contributed by atoms with van der Waals surface area (Å²) in [4.78, 5) is 14.8. The van der Waals surface area contributed by atoms with Gasteiger partial charge in [0.15, 0.2) is 0 Å². The van der Waals surface area contributed by atoms with E-state index in [9.17, 15) is 9.18 Å². The highest BCUT2D eigenvalue weighted by Crippen LogP contribution is 2.12. The van der Waals surface area contributed by atoms with Crippen LogP contribution in [0.4, 0.5) is 4.39 Å². The van der Waals surface area contributed by atoms with Crippen molar-refractivity contribution >= 4 is 5.97 Å². The van der Waals surface area contributed by atoms with Crippen LogP contribution in [-0.2, 0) is 9.53 Å². The smallest absolute Gasteiger partial charge is 0.306 e. The third kappa shape index (κ3) is 6.18. The second-order valence-corrected chi connectivity index (χ2v) is 4.85. The van der Waals surface area contributed by atoms with Crippen LogP contribution in [-0.4, -0.2) is 23.2 Å². The highest BCUT2D eigenvalue weighted by atomic mass is 19.1. The molecule has 0 atom stereocenters. The summed E-state index contributed by atoms with van der Waals surface area (Å²) < 4.78 is 23.1. The van der Waals surface area contributed by atoms with E-state index >= 15 is 0 Å². The number of halogens is 1. The Hall–Kier alpha value is -1.65. The molecule has 0 spiro atoms. The minimum Gasteiger partial charge on any atom is -0.493 e. The average molecular weight is 255 g/mol. The lowest BCUT2D eigenvalue weighted by Crippen LogP contribution is -2.23. The molecule has 0 radical (unpaired) electrons. The van der Waals surface area contributed by atoms with Crippen molar-refractivity contribution in [3.05, 3.63) is 24.3 Å². The largest absolute Gasteiger partial charge is 0.493 e. The third-order valence-electron chi connectivity index (χ3n) is 1.91. The molecule has 0 N–H and O–H groups in total. The fourth-order valence-electron chi connectivity index (χ4n) is 1.27. The minimum atomic E-state index is -0.584. The molecule has 0 saturated heterocycles. The van der Waals surface area contributed by atoms with Crippen molar-refractivity contribution in [2.45, 2.75) is 39.2 Å². The molecule has 1 aromatic heterocycles. The number of carbonyl (C=O) groups is 1. The molecular weight excluding hydrogens is 237 g/mol. The van der Waals surface area contributed by atoms with Crippen molar-refractivity contribution in [1.29, 1.82) is 0 Å². The van der Waals surface area contributed by atoms with Crippen molar-refractivity contribution in [1.82, 2.24) is 4.98 Å². The van der Waals surface area contributed by atoms with Gasteiger partial charge in [0.05, 0.1) is 6.61 Å². The van der Waals surface area contributed by atoms with Gasteiger partial charge in [-0.3, -0.25) is 4.79 Å². The fourth-order valence-corrected chi connectivity index (χ4v) is 1.27. The Labute approximate surface area is 106 Å². The van der Waals surface area contributed by atoms with Gasteiger partial charge in [-0.1, -0.05) is 0 Å². The number of carbonyl (C=O) groups excluding carboxylic acids is 1. The summed E-state index contributed by atoms with van der Waals surface area (Å²) in [5.41, 5.74) is -0.466. The number of esters is 1. The maximum atomic E-state index is 12.7. The van der Waals surface area contributed by atoms with E-state index in [1.54, 1.807) is 6.07 Å². The lowest BCUT2D eigenvalue weighted by molar-refractivity contribution is -0.155. The van der Waals surface area contributed by atoms with Crippen molar-refractivity contribution in [2.24, 2.45) is 0 Å². The van der Waals surface area contributed by atoms with Crippen LogP contribution in [0, 0.1) is 5.95 Å². The summed E-state index contributed by atoms with van der Waals surface area (Å²) in [5.74, 6) is -0.432. The highest BCUT2D eigenvalue weighted by molar-refractivity contribution is 5.69. The summed E-state index contributed by atoms with van der Waals surface area (Å²) in [7, 11) is 0. The maximum absolute atomic E-state index is 12.7. The maximum Gasteiger partial charge on any atom is 0.306 e. The number of nitrogens with zero attached hydrogens (tertiary/aromatic N) is 1. The van der Waals surface area contributed by atoms with E-state index in [2.05, 4.69) is 4.98 Å². The second kappa shape index (κ2) is 6.33. The van der Waals surface area contributed by atoms with Crippen LogP contribution in [0.2, 0.25) is 0 Å². The van der Waals surface area contributed by atoms with Gasteiger partial charge in [-0.05, 0) is 33.3 Å². The normalized spacial score (nSPS) is 11.1. The van der Waals surface area contributed by atoms with Gasteiger partial charge in [-0.2, -0.15) is 4.39 Å². The molecule has 1 heterocycles. The molecule has 0 unspecified atom stereocenters. The summed E-state index contributed by atoms with van der Waals surface area (Å²) in [6.45, 7) is 5.80. The Morgan fingerprint density at radius 2 is 2.17 bits per heavy atom. The molecule has 0 saturated carbocycles. The van der Waals surface area contributed by atoms with Crippen molar-refractivity contribution in [3.8, 4) is 5.75 Å². The third-order valence-corrected chi connectivity index (χ3v) is 1.91. The molecule has 1 rings (SSSR count). The van der Waals surface area contributed by atoms with E-state index in [0.29, 0.717) is 18.8 Å². The Bertz CT molecular complexity index is 401. The lowest BCUT2D eigenvalue weighted by Gasteiger charge is -2.19. The minimum absolute atomic E-state index is 0.257. The summed E-state index contributed by atoms with van der Waals surface area (Å²) >= 11 is 0. The number of hydrogen-bond acceptors (Lipinski definition) is 4. The van der Waals surface area contributed by atoms with E-state index in [0.717, 1.165) is 0 Å². The molecule has 0 aromatic carbocycles. The molecule has 18 heavy (non-hydrogen) atoms. The number of hydrogen-bond donors (Lipinski definition) is 0. The van der Waals surface area contributed by atoms with Gasteiger partial charge in [-0.15, -0.1) is 0 Å². The molecule has 0 fully saturated rings. The molecule has 0 aliphatic rings. The summed E-state index contributed by atoms with van der Waals surface area (Å²) in [6.07, 6.45) is 2.14. The quantitative estimate of drug-likeness (QED) is 0.461. The van der Waals surface area contributed by atoms with Crippen LogP contribution >= 0.6 is 0 Å². The molecule has 0 bridgehead atoms. The molecular formula is C13H18FNO3. The van der Waals surface area contributed by atoms with E-state index < -0.39 is 11.5 Å². The molecule has 1 aromatic rings. The standard InChI is InChI=1S/C13H18FNO3/c1-13(2,3)18-12(16)5-4-8-17-10-6-7-15-11(14)9-10/h6-7,9H,4-5,8H2,1-3H3. The zero-order valence-electron chi connectivity index (χ0n) is 10.9. The average Bonchev–Trinajstić information content (AvgIpc) is 2.22. The lowest BCUT2D eigenvalue weighted by atomic mass is 10.2. The van der Waals surface area contributed by atoms with Gasteiger partial charge < -0.3 is 9.47 Å². The number of rotatable bonds is 5. The number of aromatic nitrogens is 1. The van der Waals surface area contributed by atoms with Gasteiger partial charge in [0.2, 0.25) is 5.95 Å². The molecule has 0 aliphatic heterocycles. The first-order valence-corrected chi connectivity index (χ1v) is 5.83. The Kier molecular flexibility index (Phi) is 5.07. The van der Waals surface area contributed by atoms with Crippen LogP contribution in [0.5, 0.6) is 5.75 Å². The topological polar surface area (TPSA) is 48.4 Å². The van der Waals surface area contributed by atoms with E-state index in [1.165, 1.54) is 12.3 Å². The Morgan fingerprint density at radius 1 is 1.44 bits per heavy atom. The first-order valence-electron chi connectivity index (χ1n) is 5.83. The first-order chi connectivity index (χ1) is 8.37. The van der Waals surface area contributed by atoms with E-state index in [1.807, 2.05) is 20.8 Å². The Balaban J connectivity index is 2.21. The zero-order chi connectivity index (χ0) is 13.6. The van der Waals surface area contributed by atoms with Gasteiger partial charge in [-0.25, -0.2) is 4.98 Å². The predicted octanol–water partition coefficient (Wildman–Crippen LogP) is 2.72.